The fourth-order valence-corrected chi connectivity index (χ4v) is 13.7. The summed E-state index contributed by atoms with van der Waals surface area (Å²) in [5.41, 5.74) is 21.4. The summed E-state index contributed by atoms with van der Waals surface area (Å²) in [6.07, 6.45) is 9.55. The first-order valence-corrected chi connectivity index (χ1v) is 37.4. The topological polar surface area (TPSA) is 372 Å². The number of nitrogens with zero attached hydrogens (tertiary/aromatic N) is 2. The van der Waals surface area contributed by atoms with Crippen LogP contribution in [0.4, 0.5) is 70.2 Å². The van der Waals surface area contributed by atoms with E-state index in [0.717, 1.165) is 92.2 Å². The van der Waals surface area contributed by atoms with Crippen LogP contribution in [0.15, 0.2) is 207 Å². The molecular weight excluding hydrogens is 1760 g/mol. The number of carbonyl (C=O) groups is 7. The molecule has 0 radical (unpaired) electrons. The van der Waals surface area contributed by atoms with E-state index in [4.69, 9.17) is 22.3 Å². The van der Waals surface area contributed by atoms with Crippen molar-refractivity contribution in [1.82, 2.24) is 34.9 Å². The number of benzene rings is 9. The predicted octanol–water partition coefficient (Wildman–Crippen LogP) is 18.8. The molecule has 0 saturated carbocycles. The Hall–Kier alpha value is -15.2. The van der Waals surface area contributed by atoms with Crippen LogP contribution in [0.2, 0.25) is 0 Å². The number of amides is 2. The highest BCUT2D eigenvalue weighted by Gasteiger charge is 2.27. The summed E-state index contributed by atoms with van der Waals surface area (Å²) < 4.78 is 224. The number of rotatable bonds is 20. The molecule has 0 bridgehead atoms. The quantitative estimate of drug-likeness (QED) is 0.0148. The van der Waals surface area contributed by atoms with E-state index in [0.29, 0.717) is 78.3 Å². The maximum absolute atomic E-state index is 14.2. The molecule has 9 aromatic carbocycles. The number of halogens is 17. The highest BCUT2D eigenvalue weighted by atomic mass is 35.5. The monoisotopic (exact) mass is 1830 g/mol. The highest BCUT2D eigenvalue weighted by Crippen LogP contribution is 2.37. The first-order chi connectivity index (χ1) is 60.4. The SMILES string of the molecule is C.COC(=O)C(=O)c1c[nH]c2c(F)cc(F)cc12.COC(=O)Cc1c[nH]c2c(F)cc(F)cc12.Cl.Fc1cc(F)c2[nH]ccc2c1.NC(=O)c1cc(-c2cccnc2[C@@H](CC(=O)Cc2c[nH]c3c(F)cc(F)cc23)Cc2cc(F)cc(F)c2)ccc1F.NC(=O)c1cc(-c2cccnc2[C@@H](N)Cc2cc(F)cc(F)c2)ccc1F.O.O=C(O)Cc1c[nH]c2c(F)cc(F)cc12. The molecule has 0 aliphatic rings. The van der Waals surface area contributed by atoms with Gasteiger partial charge in [0.15, 0.2) is 0 Å². The molecule has 0 unspecified atom stereocenters. The number of aromatic nitrogens is 7. The van der Waals surface area contributed by atoms with E-state index in [9.17, 15) is 104 Å². The number of primary amides is 2. The summed E-state index contributed by atoms with van der Waals surface area (Å²) in [4.78, 5) is 103. The molecular formula is C92H73ClF16N10O11. The molecule has 0 saturated heterocycles. The lowest BCUT2D eigenvalue weighted by Crippen LogP contribution is -2.17. The molecule has 0 fully saturated rings. The number of fused-ring (bicyclic) bond motifs is 5. The summed E-state index contributed by atoms with van der Waals surface area (Å²) in [5, 5.41) is 10.0. The molecule has 21 nitrogen and oxygen atoms in total. The zero-order chi connectivity index (χ0) is 91.9. The minimum atomic E-state index is -1.09. The average Bonchev–Trinajstić information content (AvgIpc) is 1.61. The average molecular weight is 1830 g/mol. The Morgan fingerprint density at radius 3 is 1.23 bits per heavy atom. The summed E-state index contributed by atoms with van der Waals surface area (Å²) in [5.74, 6) is -18.1. The van der Waals surface area contributed by atoms with Gasteiger partial charge in [0.1, 0.15) is 98.9 Å². The van der Waals surface area contributed by atoms with Gasteiger partial charge in [0.25, 0.3) is 17.6 Å². The zero-order valence-electron chi connectivity index (χ0n) is 66.7. The van der Waals surface area contributed by atoms with Gasteiger partial charge < -0.3 is 62.2 Å². The molecule has 16 aromatic rings. The van der Waals surface area contributed by atoms with Gasteiger partial charge in [-0.3, -0.25) is 38.7 Å². The van der Waals surface area contributed by atoms with Crippen molar-refractivity contribution in [3.63, 3.8) is 0 Å². The van der Waals surface area contributed by atoms with Crippen LogP contribution in [-0.2, 0) is 60.8 Å². The lowest BCUT2D eigenvalue weighted by Gasteiger charge is -2.20. The van der Waals surface area contributed by atoms with E-state index in [1.807, 2.05) is 0 Å². The number of aliphatic carboxylic acids is 1. The molecule has 0 aliphatic carbocycles. The van der Waals surface area contributed by atoms with Gasteiger partial charge >= 0.3 is 17.9 Å². The zero-order valence-corrected chi connectivity index (χ0v) is 67.5. The molecule has 14 N–H and O–H groups in total. The number of esters is 2. The van der Waals surface area contributed by atoms with Crippen molar-refractivity contribution >= 4 is 108 Å². The predicted molar refractivity (Wildman–Crippen MR) is 451 cm³/mol. The number of nitrogens with two attached hydrogens (primary N) is 3. The second kappa shape index (κ2) is 44.3. The largest absolute Gasteiger partial charge is 0.481 e. The van der Waals surface area contributed by atoms with Gasteiger partial charge in [0.05, 0.1) is 88.8 Å². The van der Waals surface area contributed by atoms with E-state index in [1.165, 1.54) is 86.6 Å². The number of aromatic amines is 5. The van der Waals surface area contributed by atoms with Crippen molar-refractivity contribution in [3.8, 4) is 22.3 Å². The van der Waals surface area contributed by atoms with Crippen LogP contribution in [0.3, 0.4) is 0 Å². The van der Waals surface area contributed by atoms with Gasteiger partial charge in [-0.05, 0) is 149 Å². The minimum Gasteiger partial charge on any atom is -0.481 e. The van der Waals surface area contributed by atoms with Crippen LogP contribution in [0.25, 0.3) is 76.8 Å². The Kier molecular flexibility index (Phi) is 34.1. The number of Topliss-reactive ketones (excluding diaryl/α,β-unsaturated/α-hetero) is 2. The van der Waals surface area contributed by atoms with Crippen molar-refractivity contribution < 1.29 is 124 Å². The van der Waals surface area contributed by atoms with Gasteiger partial charge in [0, 0.05) is 143 Å². The van der Waals surface area contributed by atoms with E-state index in [1.54, 1.807) is 36.5 Å². The van der Waals surface area contributed by atoms with Crippen molar-refractivity contribution in [3.05, 3.63) is 356 Å². The smallest absolute Gasteiger partial charge is 0.379 e. The van der Waals surface area contributed by atoms with Crippen LogP contribution >= 0.6 is 12.4 Å². The van der Waals surface area contributed by atoms with Gasteiger partial charge in [-0.1, -0.05) is 31.7 Å². The minimum absolute atomic E-state index is 0. The van der Waals surface area contributed by atoms with Crippen molar-refractivity contribution in [2.75, 3.05) is 14.2 Å². The number of hydrogen-bond donors (Lipinski definition) is 9. The van der Waals surface area contributed by atoms with Gasteiger partial charge in [-0.25, -0.2) is 75.0 Å². The molecule has 16 rings (SSSR count). The number of hydrogen-bond acceptors (Lipinski definition) is 12. The van der Waals surface area contributed by atoms with E-state index in [-0.39, 0.29) is 130 Å². The maximum atomic E-state index is 14.2. The molecule has 0 spiro atoms. The number of carboxylic acid groups (broad SMARTS) is 1. The Balaban J connectivity index is 0.000000203. The van der Waals surface area contributed by atoms with Crippen LogP contribution in [-0.4, -0.2) is 101 Å². The third-order valence-electron chi connectivity index (χ3n) is 19.3. The molecule has 2 atom stereocenters. The summed E-state index contributed by atoms with van der Waals surface area (Å²) >= 11 is 0. The maximum Gasteiger partial charge on any atom is 0.379 e. The Morgan fingerprint density at radius 2 is 0.792 bits per heavy atom. The first kappa shape index (κ1) is 100. The van der Waals surface area contributed by atoms with Crippen molar-refractivity contribution in [2.45, 2.75) is 57.9 Å². The normalized spacial score (nSPS) is 11.1. The lowest BCUT2D eigenvalue weighted by molar-refractivity contribution is -0.140. The van der Waals surface area contributed by atoms with E-state index in [2.05, 4.69) is 44.4 Å². The standard InChI is InChI=1S/C31H22F5N3O2.C20H16F3N3O.C11H7F2NO3.C11H9F2NO2.C10H7F2NO2.C8H5F2N.CH4.ClH.H2O/c32-20-7-16(8-21(33)12-20)6-18(9-23(40)10-19-15-39-30-25(19)13-22(34)14-28(30)36)29-24(2-1-5-38-29)17-3-4-27(35)26(11-17)31(37)41;21-13-6-11(7-14(22)10-13)8-18(24)19-15(2-1-5-26-19)12-3-4-17(23)16(9-12)20(25)27;1-17-11(16)10(15)7-4-14-9-6(7)2-5(12)3-8(9)13;1-16-10(15)2-6-5-14-11-8(6)3-7(12)4-9(11)13;11-6-2-7-5(1-9(14)15)4-13-10(7)8(12)3-6;9-6-3-5-1-2-11-8(5)7(10)4-6;;;/h1-5,7-8,11-15,18,39H,6,9-10H2,(H2,37,41);1-7,9-10,18H,8,24H2,(H2,25,27);2-4,14H,1H3;3-5,14H,2H2,1H3;2-4,13H,1H2,(H,14,15);1-4,11H;1H4;1H;1H2/t2*18-;;;;;;;/m10......./s1. The lowest BCUT2D eigenvalue weighted by atomic mass is 9.85. The highest BCUT2D eigenvalue weighted by molar-refractivity contribution is 6.43. The molecule has 38 heteroatoms. The number of methoxy groups -OCH3 is 2. The molecule has 2 amide bonds. The van der Waals surface area contributed by atoms with Crippen LogP contribution < -0.4 is 17.2 Å². The summed E-state index contributed by atoms with van der Waals surface area (Å²) in [7, 11) is 2.31. The van der Waals surface area contributed by atoms with Crippen molar-refractivity contribution in [1.29, 1.82) is 0 Å². The fourth-order valence-electron chi connectivity index (χ4n) is 13.7. The molecule has 7 heterocycles. The van der Waals surface area contributed by atoms with Gasteiger partial charge in [-0.15, -0.1) is 12.4 Å². The summed E-state index contributed by atoms with van der Waals surface area (Å²) in [6.45, 7) is 0. The third-order valence-corrected chi connectivity index (χ3v) is 19.3. The number of ketones is 2. The van der Waals surface area contributed by atoms with Crippen LogP contribution in [0.5, 0.6) is 0 Å². The van der Waals surface area contributed by atoms with Crippen molar-refractivity contribution in [2.24, 2.45) is 17.2 Å². The first-order valence-electron chi connectivity index (χ1n) is 37.4. The number of H-pyrrole nitrogens is 5. The fraction of sp³-hybridized carbons (Fsp3) is 0.120. The van der Waals surface area contributed by atoms with E-state index < -0.39 is 141 Å². The molecule has 676 valence electrons. The number of ether oxygens (including phenoxy) is 2. The number of carboxylic acids is 1. The number of nitrogens with one attached hydrogen (secondary N) is 5. The van der Waals surface area contributed by atoms with E-state index >= 15 is 0 Å². The Bertz CT molecular complexity index is 6860. The number of pyridine rings is 2. The summed E-state index contributed by atoms with van der Waals surface area (Å²) in [6, 6.07) is 31.1. The Labute approximate surface area is 731 Å². The van der Waals surface area contributed by atoms with Gasteiger partial charge in [-0.2, -0.15) is 0 Å². The molecule has 7 aromatic heterocycles. The third kappa shape index (κ3) is 24.7. The Morgan fingerprint density at radius 1 is 0.408 bits per heavy atom. The second-order valence-corrected chi connectivity index (χ2v) is 28.0. The van der Waals surface area contributed by atoms with Crippen LogP contribution in [0, 0.1) is 93.1 Å². The molecule has 0 aliphatic heterocycles. The molecule has 130 heavy (non-hydrogen) atoms. The second-order valence-electron chi connectivity index (χ2n) is 28.0. The van der Waals surface area contributed by atoms with Gasteiger partial charge in [0.2, 0.25) is 0 Å². The number of carbonyl (C=O) groups excluding carboxylic acids is 6. The van der Waals surface area contributed by atoms with Crippen LogP contribution in [0.1, 0.15) is 96.1 Å².